The van der Waals surface area contributed by atoms with Crippen LogP contribution in [0.25, 0.3) is 0 Å². The number of halogens is 1. The van der Waals surface area contributed by atoms with Crippen molar-refractivity contribution in [2.75, 3.05) is 18.8 Å². The van der Waals surface area contributed by atoms with Gasteiger partial charge >= 0.3 is 0 Å². The molecular weight excluding hydrogens is 463 g/mol. The molecule has 6 nitrogen and oxygen atoms in total. The summed E-state index contributed by atoms with van der Waals surface area (Å²) in [6.07, 6.45) is 6.10. The Morgan fingerprint density at radius 3 is 2.50 bits per heavy atom. The first-order valence-electron chi connectivity index (χ1n) is 9.15. The van der Waals surface area contributed by atoms with Gasteiger partial charge < -0.3 is 10.6 Å². The predicted octanol–water partition coefficient (Wildman–Crippen LogP) is 2.61. The van der Waals surface area contributed by atoms with E-state index in [9.17, 15) is 8.42 Å². The van der Waals surface area contributed by atoms with Crippen LogP contribution in [0.4, 0.5) is 0 Å². The van der Waals surface area contributed by atoms with Crippen molar-refractivity contribution in [2.24, 2.45) is 4.99 Å². The van der Waals surface area contributed by atoms with Gasteiger partial charge in [0, 0.05) is 19.1 Å². The number of hydrogen-bond acceptors (Lipinski definition) is 3. The summed E-state index contributed by atoms with van der Waals surface area (Å²) in [5.41, 5.74) is 0.946. The van der Waals surface area contributed by atoms with Crippen LogP contribution in [0.1, 0.15) is 44.6 Å². The highest BCUT2D eigenvalue weighted by molar-refractivity contribution is 14.0. The Balaban J connectivity index is 0.00000338. The second kappa shape index (κ2) is 12.5. The molecule has 0 atom stereocenters. The van der Waals surface area contributed by atoms with E-state index in [-0.39, 0.29) is 36.3 Å². The van der Waals surface area contributed by atoms with Crippen molar-refractivity contribution in [3.8, 4) is 0 Å². The Labute approximate surface area is 174 Å². The van der Waals surface area contributed by atoms with E-state index in [2.05, 4.69) is 20.3 Å². The van der Waals surface area contributed by atoms with Gasteiger partial charge in [0.15, 0.2) is 5.96 Å². The molecule has 0 bridgehead atoms. The Kier molecular flexibility index (Phi) is 11.1. The lowest BCUT2D eigenvalue weighted by Gasteiger charge is -2.24. The molecule has 0 aromatic heterocycles. The molecule has 0 saturated heterocycles. The molecule has 0 radical (unpaired) electrons. The number of rotatable bonds is 8. The highest BCUT2D eigenvalue weighted by Gasteiger charge is 2.15. The van der Waals surface area contributed by atoms with Crippen molar-refractivity contribution in [2.45, 2.75) is 51.6 Å². The van der Waals surface area contributed by atoms with Gasteiger partial charge in [0.1, 0.15) is 0 Å². The maximum Gasteiger partial charge on any atom is 0.213 e. The van der Waals surface area contributed by atoms with Gasteiger partial charge in [0.2, 0.25) is 10.0 Å². The fourth-order valence-corrected chi connectivity index (χ4v) is 3.76. The summed E-state index contributed by atoms with van der Waals surface area (Å²) in [6, 6.07) is 9.95. The van der Waals surface area contributed by atoms with E-state index in [0.717, 1.165) is 24.9 Å². The topological polar surface area (TPSA) is 82.6 Å². The molecule has 1 aromatic rings. The zero-order valence-electron chi connectivity index (χ0n) is 15.4. The number of hydrogen-bond donors (Lipinski definition) is 3. The van der Waals surface area contributed by atoms with Crippen LogP contribution in [0.15, 0.2) is 35.3 Å². The van der Waals surface area contributed by atoms with Crippen LogP contribution < -0.4 is 15.4 Å². The maximum atomic E-state index is 12.1. The molecule has 8 heteroatoms. The molecule has 1 fully saturated rings. The zero-order valence-corrected chi connectivity index (χ0v) is 18.6. The summed E-state index contributed by atoms with van der Waals surface area (Å²) in [5, 5.41) is 6.62. The Morgan fingerprint density at radius 2 is 1.85 bits per heavy atom. The summed E-state index contributed by atoms with van der Waals surface area (Å²) >= 11 is 0. The SMILES string of the molecule is CCNC(=NCCS(=O)(=O)NCc1ccccc1)NC1CCCCC1.I. The van der Waals surface area contributed by atoms with Gasteiger partial charge in [-0.05, 0) is 25.3 Å². The van der Waals surface area contributed by atoms with Gasteiger partial charge in [-0.1, -0.05) is 49.6 Å². The number of nitrogens with zero attached hydrogens (tertiary/aromatic N) is 1. The standard InChI is InChI=1S/C18H30N4O2S.HI/c1-2-19-18(22-17-11-7-4-8-12-17)20-13-14-25(23,24)21-15-16-9-5-3-6-10-16;/h3,5-6,9-10,17,21H,2,4,7-8,11-15H2,1H3,(H2,19,20,22);1H. The number of guanidine groups is 1. The molecule has 1 aliphatic rings. The fraction of sp³-hybridized carbons (Fsp3) is 0.611. The predicted molar refractivity (Wildman–Crippen MR) is 118 cm³/mol. The third-order valence-electron chi connectivity index (χ3n) is 4.26. The lowest BCUT2D eigenvalue weighted by atomic mass is 9.96. The quantitative estimate of drug-likeness (QED) is 0.295. The van der Waals surface area contributed by atoms with Crippen LogP contribution in [0.5, 0.6) is 0 Å². The largest absolute Gasteiger partial charge is 0.357 e. The molecule has 1 aliphatic carbocycles. The van der Waals surface area contributed by atoms with Crippen molar-refractivity contribution in [1.29, 1.82) is 0 Å². The van der Waals surface area contributed by atoms with Gasteiger partial charge in [-0.25, -0.2) is 13.1 Å². The third kappa shape index (κ3) is 9.18. The van der Waals surface area contributed by atoms with Gasteiger partial charge in [-0.15, -0.1) is 24.0 Å². The normalized spacial score (nSPS) is 16.0. The fourth-order valence-electron chi connectivity index (χ4n) is 2.90. The van der Waals surface area contributed by atoms with Crippen molar-refractivity contribution in [1.82, 2.24) is 15.4 Å². The molecule has 0 amide bonds. The molecule has 1 aromatic carbocycles. The first-order chi connectivity index (χ1) is 12.1. The van der Waals surface area contributed by atoms with Gasteiger partial charge in [-0.3, -0.25) is 4.99 Å². The summed E-state index contributed by atoms with van der Waals surface area (Å²) in [7, 11) is -3.34. The van der Waals surface area contributed by atoms with E-state index < -0.39 is 10.0 Å². The highest BCUT2D eigenvalue weighted by Crippen LogP contribution is 2.17. The van der Waals surface area contributed by atoms with Crippen LogP contribution in [0, 0.1) is 0 Å². The van der Waals surface area contributed by atoms with Crippen molar-refractivity contribution in [3.05, 3.63) is 35.9 Å². The lowest BCUT2D eigenvalue weighted by molar-refractivity contribution is 0.410. The second-order valence-electron chi connectivity index (χ2n) is 6.37. The molecule has 148 valence electrons. The van der Waals surface area contributed by atoms with E-state index in [1.807, 2.05) is 37.3 Å². The minimum atomic E-state index is -3.34. The number of nitrogens with one attached hydrogen (secondary N) is 3. The third-order valence-corrected chi connectivity index (χ3v) is 5.56. The summed E-state index contributed by atoms with van der Waals surface area (Å²) < 4.78 is 26.8. The average molecular weight is 494 g/mol. The minimum Gasteiger partial charge on any atom is -0.357 e. The molecule has 0 spiro atoms. The van der Waals surface area contributed by atoms with Crippen LogP contribution in [-0.4, -0.2) is 39.3 Å². The number of sulfonamides is 1. The Bertz CT molecular complexity index is 632. The Hall–Kier alpha value is -0.870. The summed E-state index contributed by atoms with van der Waals surface area (Å²) in [4.78, 5) is 4.42. The Morgan fingerprint density at radius 1 is 1.15 bits per heavy atom. The first kappa shape index (κ1) is 23.2. The lowest BCUT2D eigenvalue weighted by Crippen LogP contribution is -2.44. The van der Waals surface area contributed by atoms with E-state index in [1.165, 1.54) is 19.3 Å². The van der Waals surface area contributed by atoms with Crippen molar-refractivity contribution >= 4 is 40.0 Å². The van der Waals surface area contributed by atoms with Crippen LogP contribution >= 0.6 is 24.0 Å². The highest BCUT2D eigenvalue weighted by atomic mass is 127. The van der Waals surface area contributed by atoms with Gasteiger partial charge in [0.05, 0.1) is 12.3 Å². The van der Waals surface area contributed by atoms with E-state index in [4.69, 9.17) is 0 Å². The average Bonchev–Trinajstić information content (AvgIpc) is 2.62. The number of benzene rings is 1. The van der Waals surface area contributed by atoms with E-state index in [0.29, 0.717) is 18.5 Å². The second-order valence-corrected chi connectivity index (χ2v) is 8.29. The van der Waals surface area contributed by atoms with Gasteiger partial charge in [0.25, 0.3) is 0 Å². The first-order valence-corrected chi connectivity index (χ1v) is 10.8. The summed E-state index contributed by atoms with van der Waals surface area (Å²) in [5.74, 6) is 0.703. The summed E-state index contributed by atoms with van der Waals surface area (Å²) in [6.45, 7) is 3.33. The monoisotopic (exact) mass is 494 g/mol. The van der Waals surface area contributed by atoms with Crippen LogP contribution in [-0.2, 0) is 16.6 Å². The molecule has 2 rings (SSSR count). The molecule has 26 heavy (non-hydrogen) atoms. The van der Waals surface area contributed by atoms with Crippen LogP contribution in [0.3, 0.4) is 0 Å². The number of aliphatic imine (C=N–C) groups is 1. The van der Waals surface area contributed by atoms with Crippen molar-refractivity contribution in [3.63, 3.8) is 0 Å². The van der Waals surface area contributed by atoms with Crippen molar-refractivity contribution < 1.29 is 8.42 Å². The molecule has 1 saturated carbocycles. The minimum absolute atomic E-state index is 0. The zero-order chi connectivity index (χ0) is 18.0. The molecule has 0 heterocycles. The van der Waals surface area contributed by atoms with Crippen LogP contribution in [0.2, 0.25) is 0 Å². The van der Waals surface area contributed by atoms with Gasteiger partial charge in [-0.2, -0.15) is 0 Å². The molecule has 0 aliphatic heterocycles. The molecule has 3 N–H and O–H groups in total. The van der Waals surface area contributed by atoms with E-state index in [1.54, 1.807) is 0 Å². The maximum absolute atomic E-state index is 12.1. The molecule has 0 unspecified atom stereocenters. The van der Waals surface area contributed by atoms with E-state index >= 15 is 0 Å². The molecular formula is C18H31IN4O2S. The smallest absolute Gasteiger partial charge is 0.213 e.